The van der Waals surface area contributed by atoms with Gasteiger partial charge >= 0.3 is 0 Å². The first-order valence-corrected chi connectivity index (χ1v) is 8.94. The molecule has 4 nitrogen and oxygen atoms in total. The zero-order chi connectivity index (χ0) is 17.6. The SMILES string of the molecule is COc1ccc(N2CCCN(Cc3cc(C)ccc3OC)CC2)cc1. The third-order valence-electron chi connectivity index (χ3n) is 4.86. The van der Waals surface area contributed by atoms with E-state index in [2.05, 4.69) is 47.1 Å². The van der Waals surface area contributed by atoms with E-state index in [-0.39, 0.29) is 0 Å². The number of hydrogen-bond donors (Lipinski definition) is 0. The number of rotatable bonds is 5. The molecule has 1 aliphatic rings. The molecule has 1 saturated heterocycles. The summed E-state index contributed by atoms with van der Waals surface area (Å²) in [5.74, 6) is 1.90. The lowest BCUT2D eigenvalue weighted by Crippen LogP contribution is -2.30. The molecule has 0 aromatic heterocycles. The summed E-state index contributed by atoms with van der Waals surface area (Å²) in [6.07, 6.45) is 1.17. The second-order valence-corrected chi connectivity index (χ2v) is 6.63. The topological polar surface area (TPSA) is 24.9 Å². The van der Waals surface area contributed by atoms with E-state index in [9.17, 15) is 0 Å². The molecule has 0 unspecified atom stereocenters. The highest BCUT2D eigenvalue weighted by Crippen LogP contribution is 2.24. The van der Waals surface area contributed by atoms with E-state index in [0.717, 1.165) is 44.2 Å². The van der Waals surface area contributed by atoms with E-state index in [1.807, 2.05) is 12.1 Å². The van der Waals surface area contributed by atoms with Gasteiger partial charge in [-0.2, -0.15) is 0 Å². The van der Waals surface area contributed by atoms with Crippen LogP contribution >= 0.6 is 0 Å². The van der Waals surface area contributed by atoms with E-state index in [0.29, 0.717) is 0 Å². The minimum Gasteiger partial charge on any atom is -0.497 e. The Bertz CT molecular complexity index is 685. The molecule has 2 aromatic carbocycles. The molecule has 0 atom stereocenters. The lowest BCUT2D eigenvalue weighted by molar-refractivity contribution is 0.279. The van der Waals surface area contributed by atoms with Crippen LogP contribution in [0, 0.1) is 6.92 Å². The van der Waals surface area contributed by atoms with Gasteiger partial charge in [0.15, 0.2) is 0 Å². The van der Waals surface area contributed by atoms with Crippen LogP contribution in [0.4, 0.5) is 5.69 Å². The molecule has 134 valence electrons. The number of anilines is 1. The number of aryl methyl sites for hydroxylation is 1. The highest BCUT2D eigenvalue weighted by Gasteiger charge is 2.17. The lowest BCUT2D eigenvalue weighted by atomic mass is 10.1. The van der Waals surface area contributed by atoms with Crippen LogP contribution in [0.3, 0.4) is 0 Å². The average Bonchev–Trinajstić information content (AvgIpc) is 2.88. The van der Waals surface area contributed by atoms with Crippen LogP contribution in [0.5, 0.6) is 11.5 Å². The molecule has 0 N–H and O–H groups in total. The van der Waals surface area contributed by atoms with Gasteiger partial charge in [0.2, 0.25) is 0 Å². The van der Waals surface area contributed by atoms with E-state index < -0.39 is 0 Å². The van der Waals surface area contributed by atoms with Crippen molar-refractivity contribution in [2.45, 2.75) is 19.9 Å². The molecule has 0 radical (unpaired) electrons. The Balaban J connectivity index is 1.64. The van der Waals surface area contributed by atoms with Gasteiger partial charge in [0.25, 0.3) is 0 Å². The highest BCUT2D eigenvalue weighted by molar-refractivity contribution is 5.49. The van der Waals surface area contributed by atoms with Gasteiger partial charge in [0, 0.05) is 44.0 Å². The summed E-state index contributed by atoms with van der Waals surface area (Å²) in [6.45, 7) is 7.39. The fraction of sp³-hybridized carbons (Fsp3) is 0.429. The standard InChI is InChI=1S/C21H28N2O2/c1-17-5-10-21(25-3)18(15-17)16-22-11-4-12-23(14-13-22)19-6-8-20(24-2)9-7-19/h5-10,15H,4,11-14,16H2,1-3H3. The van der Waals surface area contributed by atoms with Crippen LogP contribution in [0.2, 0.25) is 0 Å². The third-order valence-corrected chi connectivity index (χ3v) is 4.86. The Morgan fingerprint density at radius 1 is 0.880 bits per heavy atom. The predicted molar refractivity (Wildman–Crippen MR) is 103 cm³/mol. The summed E-state index contributed by atoms with van der Waals surface area (Å²) in [7, 11) is 3.46. The monoisotopic (exact) mass is 340 g/mol. The van der Waals surface area contributed by atoms with Crippen molar-refractivity contribution in [3.8, 4) is 11.5 Å². The fourth-order valence-electron chi connectivity index (χ4n) is 3.45. The number of methoxy groups -OCH3 is 2. The first-order chi connectivity index (χ1) is 12.2. The van der Waals surface area contributed by atoms with Gasteiger partial charge in [-0.25, -0.2) is 0 Å². The lowest BCUT2D eigenvalue weighted by Gasteiger charge is -2.24. The van der Waals surface area contributed by atoms with Crippen molar-refractivity contribution in [2.75, 3.05) is 45.3 Å². The quantitative estimate of drug-likeness (QED) is 0.828. The molecule has 2 aromatic rings. The van der Waals surface area contributed by atoms with Gasteiger partial charge in [-0.3, -0.25) is 4.90 Å². The molecule has 0 amide bonds. The summed E-state index contributed by atoms with van der Waals surface area (Å²) >= 11 is 0. The maximum atomic E-state index is 5.54. The van der Waals surface area contributed by atoms with Crippen molar-refractivity contribution in [1.82, 2.24) is 4.90 Å². The first kappa shape index (κ1) is 17.6. The minimum atomic E-state index is 0.909. The average molecular weight is 340 g/mol. The molecule has 3 rings (SSSR count). The summed E-state index contributed by atoms with van der Waals surface area (Å²) in [5, 5.41) is 0. The van der Waals surface area contributed by atoms with Gasteiger partial charge in [-0.1, -0.05) is 17.7 Å². The van der Waals surface area contributed by atoms with Crippen LogP contribution in [0.15, 0.2) is 42.5 Å². The van der Waals surface area contributed by atoms with Gasteiger partial charge in [0.05, 0.1) is 14.2 Å². The summed E-state index contributed by atoms with van der Waals surface area (Å²) in [6, 6.07) is 14.8. The summed E-state index contributed by atoms with van der Waals surface area (Å²) < 4.78 is 10.8. The molecular formula is C21H28N2O2. The van der Waals surface area contributed by atoms with Crippen molar-refractivity contribution in [1.29, 1.82) is 0 Å². The van der Waals surface area contributed by atoms with Crippen LogP contribution < -0.4 is 14.4 Å². The van der Waals surface area contributed by atoms with Crippen LogP contribution in [-0.4, -0.2) is 45.3 Å². The second kappa shape index (κ2) is 8.26. The molecule has 4 heteroatoms. The molecule has 1 fully saturated rings. The number of hydrogen-bond acceptors (Lipinski definition) is 4. The van der Waals surface area contributed by atoms with E-state index in [1.54, 1.807) is 14.2 Å². The normalized spacial score (nSPS) is 15.7. The Morgan fingerprint density at radius 3 is 2.40 bits per heavy atom. The van der Waals surface area contributed by atoms with Crippen LogP contribution in [0.25, 0.3) is 0 Å². The minimum absolute atomic E-state index is 0.909. The molecule has 0 spiro atoms. The van der Waals surface area contributed by atoms with Gasteiger partial charge in [-0.05, 0) is 43.7 Å². The number of nitrogens with zero attached hydrogens (tertiary/aromatic N) is 2. The van der Waals surface area contributed by atoms with Crippen LogP contribution in [0.1, 0.15) is 17.5 Å². The van der Waals surface area contributed by atoms with E-state index in [4.69, 9.17) is 9.47 Å². The number of ether oxygens (including phenoxy) is 2. The molecule has 25 heavy (non-hydrogen) atoms. The molecule has 1 aliphatic heterocycles. The molecular weight excluding hydrogens is 312 g/mol. The predicted octanol–water partition coefficient (Wildman–Crippen LogP) is 3.72. The highest BCUT2D eigenvalue weighted by atomic mass is 16.5. The van der Waals surface area contributed by atoms with Gasteiger partial charge in [-0.15, -0.1) is 0 Å². The fourth-order valence-corrected chi connectivity index (χ4v) is 3.45. The van der Waals surface area contributed by atoms with Crippen molar-refractivity contribution >= 4 is 5.69 Å². The van der Waals surface area contributed by atoms with Crippen LogP contribution in [-0.2, 0) is 6.54 Å². The maximum absolute atomic E-state index is 5.54. The Labute approximate surface area is 151 Å². The smallest absolute Gasteiger partial charge is 0.123 e. The molecule has 0 aliphatic carbocycles. The second-order valence-electron chi connectivity index (χ2n) is 6.63. The maximum Gasteiger partial charge on any atom is 0.123 e. The van der Waals surface area contributed by atoms with Crippen molar-refractivity contribution < 1.29 is 9.47 Å². The molecule has 0 bridgehead atoms. The Kier molecular flexibility index (Phi) is 5.82. The zero-order valence-corrected chi connectivity index (χ0v) is 15.5. The first-order valence-electron chi connectivity index (χ1n) is 8.94. The van der Waals surface area contributed by atoms with Crippen molar-refractivity contribution in [2.24, 2.45) is 0 Å². The van der Waals surface area contributed by atoms with Crippen molar-refractivity contribution in [3.63, 3.8) is 0 Å². The zero-order valence-electron chi connectivity index (χ0n) is 15.5. The van der Waals surface area contributed by atoms with Crippen molar-refractivity contribution in [3.05, 3.63) is 53.6 Å². The van der Waals surface area contributed by atoms with E-state index >= 15 is 0 Å². The summed E-state index contributed by atoms with van der Waals surface area (Å²) in [4.78, 5) is 4.99. The summed E-state index contributed by atoms with van der Waals surface area (Å²) in [5.41, 5.74) is 3.83. The molecule has 1 heterocycles. The Hall–Kier alpha value is -2.20. The number of benzene rings is 2. The van der Waals surface area contributed by atoms with Gasteiger partial charge in [0.1, 0.15) is 11.5 Å². The largest absolute Gasteiger partial charge is 0.497 e. The van der Waals surface area contributed by atoms with Gasteiger partial charge < -0.3 is 14.4 Å². The van der Waals surface area contributed by atoms with E-state index in [1.165, 1.54) is 23.2 Å². The third kappa shape index (κ3) is 4.45. The Morgan fingerprint density at radius 2 is 1.68 bits per heavy atom. The molecule has 0 saturated carbocycles.